The van der Waals surface area contributed by atoms with E-state index >= 15 is 0 Å². The lowest BCUT2D eigenvalue weighted by Crippen LogP contribution is -2.61. The molecule has 1 spiro atoms. The van der Waals surface area contributed by atoms with Crippen LogP contribution in [0.2, 0.25) is 0 Å². The molecule has 0 aliphatic carbocycles. The number of hydrogen-bond donors (Lipinski definition) is 0. The minimum Gasteiger partial charge on any atom is -0.361 e. The third-order valence-corrected chi connectivity index (χ3v) is 4.81. The third-order valence-electron chi connectivity index (χ3n) is 4.81. The number of hydrogen-bond acceptors (Lipinski definition) is 4. The molecule has 2 saturated heterocycles. The van der Waals surface area contributed by atoms with Crippen molar-refractivity contribution < 1.29 is 14.1 Å². The fourth-order valence-electron chi connectivity index (χ4n) is 3.56. The van der Waals surface area contributed by atoms with Crippen LogP contribution < -0.4 is 0 Å². The summed E-state index contributed by atoms with van der Waals surface area (Å²) >= 11 is 0. The third kappa shape index (κ3) is 2.43. The van der Waals surface area contributed by atoms with Gasteiger partial charge in [0.2, 0.25) is 5.91 Å². The van der Waals surface area contributed by atoms with E-state index in [1.807, 2.05) is 16.8 Å². The van der Waals surface area contributed by atoms with Gasteiger partial charge in [0.25, 0.3) is 5.91 Å². The first-order valence-electron chi connectivity index (χ1n) is 7.51. The average molecular weight is 291 g/mol. The largest absolute Gasteiger partial charge is 0.361 e. The average Bonchev–Trinajstić information content (AvgIpc) is 2.91. The van der Waals surface area contributed by atoms with Crippen molar-refractivity contribution in [2.75, 3.05) is 20.1 Å². The van der Waals surface area contributed by atoms with E-state index in [9.17, 15) is 9.59 Å². The molecule has 1 atom stereocenters. The minimum atomic E-state index is -0.192. The predicted molar refractivity (Wildman–Crippen MR) is 75.7 cm³/mol. The Hall–Kier alpha value is -1.85. The molecule has 1 unspecified atom stereocenters. The Labute approximate surface area is 124 Å². The Morgan fingerprint density at radius 3 is 2.86 bits per heavy atom. The van der Waals surface area contributed by atoms with E-state index in [1.54, 1.807) is 13.0 Å². The molecular weight excluding hydrogens is 270 g/mol. The summed E-state index contributed by atoms with van der Waals surface area (Å²) in [7, 11) is 1.87. The van der Waals surface area contributed by atoms with Crippen molar-refractivity contribution in [3.05, 3.63) is 17.5 Å². The highest BCUT2D eigenvalue weighted by atomic mass is 16.5. The fraction of sp³-hybridized carbons (Fsp3) is 0.667. The second-order valence-corrected chi connectivity index (χ2v) is 6.18. The summed E-state index contributed by atoms with van der Waals surface area (Å²) in [6.07, 6.45) is 4.39. The second kappa shape index (κ2) is 5.16. The van der Waals surface area contributed by atoms with Gasteiger partial charge in [0, 0.05) is 32.6 Å². The molecule has 6 heteroatoms. The van der Waals surface area contributed by atoms with Crippen molar-refractivity contribution in [3.63, 3.8) is 0 Å². The zero-order valence-electron chi connectivity index (χ0n) is 12.6. The number of likely N-dealkylation sites (N-methyl/N-ethyl adjacent to an activating group) is 1. The van der Waals surface area contributed by atoms with Crippen LogP contribution >= 0.6 is 0 Å². The lowest BCUT2D eigenvalue weighted by atomic mass is 9.80. The van der Waals surface area contributed by atoms with Crippen molar-refractivity contribution in [1.82, 2.24) is 15.0 Å². The van der Waals surface area contributed by atoms with Gasteiger partial charge in [0.15, 0.2) is 5.69 Å². The molecule has 6 nitrogen and oxygen atoms in total. The maximum absolute atomic E-state index is 12.5. The first kappa shape index (κ1) is 14.1. The molecule has 3 heterocycles. The summed E-state index contributed by atoms with van der Waals surface area (Å²) in [6, 6.07) is 1.67. The molecule has 0 bridgehead atoms. The van der Waals surface area contributed by atoms with Crippen LogP contribution in [0.1, 0.15) is 48.4 Å². The molecule has 2 aliphatic rings. The van der Waals surface area contributed by atoms with E-state index in [-0.39, 0.29) is 17.4 Å². The van der Waals surface area contributed by atoms with Gasteiger partial charge in [-0.1, -0.05) is 5.16 Å². The summed E-state index contributed by atoms with van der Waals surface area (Å²) < 4.78 is 4.99. The fourth-order valence-corrected chi connectivity index (χ4v) is 3.56. The van der Waals surface area contributed by atoms with Crippen molar-refractivity contribution in [1.29, 1.82) is 0 Å². The molecular formula is C15H21N3O3. The van der Waals surface area contributed by atoms with Crippen LogP contribution in [0.3, 0.4) is 0 Å². The quantitative estimate of drug-likeness (QED) is 0.788. The highest BCUT2D eigenvalue weighted by molar-refractivity contribution is 5.92. The smallest absolute Gasteiger partial charge is 0.276 e. The molecule has 21 heavy (non-hydrogen) atoms. The molecule has 2 amide bonds. The molecule has 0 N–H and O–H groups in total. The monoisotopic (exact) mass is 291 g/mol. The lowest BCUT2D eigenvalue weighted by molar-refractivity contribution is -0.142. The van der Waals surface area contributed by atoms with Gasteiger partial charge in [0.05, 0.1) is 5.54 Å². The highest BCUT2D eigenvalue weighted by Gasteiger charge is 2.44. The normalized spacial score (nSPS) is 26.5. The number of amides is 2. The summed E-state index contributed by atoms with van der Waals surface area (Å²) in [6.45, 7) is 3.09. The Kier molecular flexibility index (Phi) is 3.47. The van der Waals surface area contributed by atoms with Crippen LogP contribution in [0.5, 0.6) is 0 Å². The van der Waals surface area contributed by atoms with Crippen LogP contribution in [0.15, 0.2) is 10.6 Å². The van der Waals surface area contributed by atoms with Gasteiger partial charge in [-0.25, -0.2) is 0 Å². The minimum absolute atomic E-state index is 0.0997. The van der Waals surface area contributed by atoms with Crippen molar-refractivity contribution in [2.24, 2.45) is 0 Å². The number of aryl methyl sites for hydroxylation is 1. The molecule has 0 saturated carbocycles. The van der Waals surface area contributed by atoms with Crippen LogP contribution in [0.25, 0.3) is 0 Å². The number of carbonyl (C=O) groups is 2. The van der Waals surface area contributed by atoms with Crippen molar-refractivity contribution >= 4 is 11.8 Å². The Morgan fingerprint density at radius 1 is 1.38 bits per heavy atom. The topological polar surface area (TPSA) is 66.7 Å². The van der Waals surface area contributed by atoms with Crippen LogP contribution in [-0.4, -0.2) is 52.4 Å². The zero-order valence-corrected chi connectivity index (χ0v) is 12.6. The van der Waals surface area contributed by atoms with E-state index in [0.29, 0.717) is 31.0 Å². The first-order valence-corrected chi connectivity index (χ1v) is 7.51. The summed E-state index contributed by atoms with van der Waals surface area (Å²) in [4.78, 5) is 28.2. The van der Waals surface area contributed by atoms with Gasteiger partial charge < -0.3 is 14.3 Å². The van der Waals surface area contributed by atoms with Gasteiger partial charge in [-0.2, -0.15) is 0 Å². The molecule has 2 aliphatic heterocycles. The number of piperidine rings is 2. The van der Waals surface area contributed by atoms with E-state index in [0.717, 1.165) is 25.7 Å². The summed E-state index contributed by atoms with van der Waals surface area (Å²) in [5, 5.41) is 3.81. The van der Waals surface area contributed by atoms with Gasteiger partial charge in [-0.3, -0.25) is 9.59 Å². The predicted octanol–water partition coefficient (Wildman–Crippen LogP) is 1.60. The van der Waals surface area contributed by atoms with Crippen LogP contribution in [0, 0.1) is 6.92 Å². The van der Waals surface area contributed by atoms with Crippen LogP contribution in [0.4, 0.5) is 0 Å². The van der Waals surface area contributed by atoms with Gasteiger partial charge in [0.1, 0.15) is 5.76 Å². The Morgan fingerprint density at radius 2 is 2.14 bits per heavy atom. The molecule has 114 valence electrons. The Bertz CT molecular complexity index is 564. The SMILES string of the molecule is Cc1cc(C(=O)N2CCCC3(CCCC(=O)N3C)C2)no1. The summed E-state index contributed by atoms with van der Waals surface area (Å²) in [5.41, 5.74) is 0.163. The number of likely N-dealkylation sites (tertiary alicyclic amines) is 2. The number of nitrogens with zero attached hydrogens (tertiary/aromatic N) is 3. The molecule has 0 aromatic carbocycles. The highest BCUT2D eigenvalue weighted by Crippen LogP contribution is 2.35. The number of aromatic nitrogens is 1. The standard InChI is InChI=1S/C15H21N3O3/c1-11-9-12(16-21-11)14(20)18-8-4-7-15(10-18)6-3-5-13(19)17(15)2/h9H,3-8,10H2,1-2H3. The van der Waals surface area contributed by atoms with Gasteiger partial charge in [-0.15, -0.1) is 0 Å². The van der Waals surface area contributed by atoms with E-state index in [2.05, 4.69) is 5.16 Å². The van der Waals surface area contributed by atoms with Crippen molar-refractivity contribution in [3.8, 4) is 0 Å². The molecule has 1 aromatic rings. The maximum atomic E-state index is 12.5. The summed E-state index contributed by atoms with van der Waals surface area (Å²) in [5.74, 6) is 0.722. The van der Waals surface area contributed by atoms with E-state index < -0.39 is 0 Å². The van der Waals surface area contributed by atoms with Crippen LogP contribution in [-0.2, 0) is 4.79 Å². The number of rotatable bonds is 1. The van der Waals surface area contributed by atoms with Crippen molar-refractivity contribution in [2.45, 2.75) is 44.6 Å². The molecule has 3 rings (SSSR count). The molecule has 0 radical (unpaired) electrons. The van der Waals surface area contributed by atoms with E-state index in [4.69, 9.17) is 4.52 Å². The van der Waals surface area contributed by atoms with Gasteiger partial charge >= 0.3 is 0 Å². The number of carbonyl (C=O) groups excluding carboxylic acids is 2. The maximum Gasteiger partial charge on any atom is 0.276 e. The molecule has 2 fully saturated rings. The van der Waals surface area contributed by atoms with E-state index in [1.165, 1.54) is 0 Å². The van der Waals surface area contributed by atoms with Gasteiger partial charge in [-0.05, 0) is 32.6 Å². The lowest BCUT2D eigenvalue weighted by Gasteiger charge is -2.50. The first-order chi connectivity index (χ1) is 10.0. The Balaban J connectivity index is 1.79. The second-order valence-electron chi connectivity index (χ2n) is 6.18. The molecule has 1 aromatic heterocycles. The zero-order chi connectivity index (χ0) is 15.0.